The number of nitrogen functional groups attached to an aromatic ring is 1. The maximum absolute atomic E-state index is 12.5. The Morgan fingerprint density at radius 2 is 2.07 bits per heavy atom. The van der Waals surface area contributed by atoms with Crippen LogP contribution in [-0.2, 0) is 0 Å². The van der Waals surface area contributed by atoms with E-state index in [1.807, 2.05) is 0 Å². The summed E-state index contributed by atoms with van der Waals surface area (Å²) in [5.74, 6) is 0. The maximum atomic E-state index is 12.5. The SMILES string of the molecule is Nc1cc(Cl)c2c(C(F)F)csc2c1. The molecule has 1 heterocycles. The smallest absolute Gasteiger partial charge is 0.265 e. The number of benzene rings is 1. The van der Waals surface area contributed by atoms with Gasteiger partial charge in [-0.05, 0) is 12.1 Å². The highest BCUT2D eigenvalue weighted by molar-refractivity contribution is 7.17. The zero-order valence-corrected chi connectivity index (χ0v) is 8.50. The van der Waals surface area contributed by atoms with Crippen LogP contribution >= 0.6 is 22.9 Å². The fourth-order valence-electron chi connectivity index (χ4n) is 1.32. The quantitative estimate of drug-likeness (QED) is 0.738. The van der Waals surface area contributed by atoms with Crippen molar-refractivity contribution in [1.29, 1.82) is 0 Å². The number of nitrogens with two attached hydrogens (primary N) is 1. The molecule has 2 rings (SSSR count). The normalized spacial score (nSPS) is 11.4. The summed E-state index contributed by atoms with van der Waals surface area (Å²) in [4.78, 5) is 0. The Morgan fingerprint density at radius 1 is 1.36 bits per heavy atom. The topological polar surface area (TPSA) is 26.0 Å². The molecule has 1 aromatic carbocycles. The van der Waals surface area contributed by atoms with Crippen molar-refractivity contribution >= 4 is 38.7 Å². The number of fused-ring (bicyclic) bond motifs is 1. The van der Waals surface area contributed by atoms with Gasteiger partial charge in [-0.25, -0.2) is 8.78 Å². The van der Waals surface area contributed by atoms with Gasteiger partial charge < -0.3 is 5.73 Å². The van der Waals surface area contributed by atoms with Crippen LogP contribution in [-0.4, -0.2) is 0 Å². The first-order valence-corrected chi connectivity index (χ1v) is 5.09. The minimum Gasteiger partial charge on any atom is -0.399 e. The highest BCUT2D eigenvalue weighted by Crippen LogP contribution is 2.38. The van der Waals surface area contributed by atoms with E-state index in [2.05, 4.69) is 0 Å². The molecule has 2 N–H and O–H groups in total. The molecule has 0 bridgehead atoms. The fraction of sp³-hybridized carbons (Fsp3) is 0.111. The highest BCUT2D eigenvalue weighted by Gasteiger charge is 2.16. The minimum absolute atomic E-state index is 0.0185. The number of hydrogen-bond acceptors (Lipinski definition) is 2. The Balaban J connectivity index is 2.79. The van der Waals surface area contributed by atoms with Gasteiger partial charge in [0, 0.05) is 26.7 Å². The molecule has 5 heteroatoms. The highest BCUT2D eigenvalue weighted by atomic mass is 35.5. The molecule has 1 aromatic heterocycles. The number of halogens is 3. The van der Waals surface area contributed by atoms with E-state index in [1.54, 1.807) is 6.07 Å². The third kappa shape index (κ3) is 1.44. The molecule has 0 fully saturated rings. The molecule has 1 nitrogen and oxygen atoms in total. The number of hydrogen-bond donors (Lipinski definition) is 1. The van der Waals surface area contributed by atoms with Crippen molar-refractivity contribution in [2.75, 3.05) is 5.73 Å². The molecular weight excluding hydrogens is 228 g/mol. The van der Waals surface area contributed by atoms with Crippen molar-refractivity contribution < 1.29 is 8.78 Å². The molecule has 0 radical (unpaired) electrons. The van der Waals surface area contributed by atoms with Crippen molar-refractivity contribution in [2.24, 2.45) is 0 Å². The molecule has 0 atom stereocenters. The Morgan fingerprint density at radius 3 is 2.71 bits per heavy atom. The van der Waals surface area contributed by atoms with E-state index < -0.39 is 6.43 Å². The molecule has 0 saturated heterocycles. The predicted molar refractivity (Wildman–Crippen MR) is 56.2 cm³/mol. The van der Waals surface area contributed by atoms with Crippen molar-refractivity contribution in [1.82, 2.24) is 0 Å². The van der Waals surface area contributed by atoms with Crippen LogP contribution in [0, 0.1) is 0 Å². The van der Waals surface area contributed by atoms with Crippen LogP contribution in [0.3, 0.4) is 0 Å². The molecule has 0 aliphatic heterocycles. The van der Waals surface area contributed by atoms with Crippen LogP contribution in [0.1, 0.15) is 12.0 Å². The van der Waals surface area contributed by atoms with Crippen LogP contribution in [0.25, 0.3) is 10.1 Å². The lowest BCUT2D eigenvalue weighted by atomic mass is 10.1. The molecular formula is C9H6ClF2NS. The summed E-state index contributed by atoms with van der Waals surface area (Å²) in [5.41, 5.74) is 6.02. The standard InChI is InChI=1S/C9H6ClF2NS/c10-6-1-4(13)2-7-8(6)5(3-14-7)9(11)12/h1-3,9H,13H2. The first-order valence-electron chi connectivity index (χ1n) is 3.84. The van der Waals surface area contributed by atoms with Crippen molar-refractivity contribution in [2.45, 2.75) is 6.43 Å². The van der Waals surface area contributed by atoms with Gasteiger partial charge in [0.05, 0.1) is 5.02 Å². The van der Waals surface area contributed by atoms with Gasteiger partial charge in [-0.3, -0.25) is 0 Å². The van der Waals surface area contributed by atoms with Crippen LogP contribution in [0.15, 0.2) is 17.5 Å². The second-order valence-corrected chi connectivity index (χ2v) is 4.19. The second kappa shape index (κ2) is 3.37. The summed E-state index contributed by atoms with van der Waals surface area (Å²) < 4.78 is 25.8. The summed E-state index contributed by atoms with van der Waals surface area (Å²) in [7, 11) is 0. The number of thiophene rings is 1. The first kappa shape index (κ1) is 9.68. The van der Waals surface area contributed by atoms with Gasteiger partial charge in [-0.15, -0.1) is 11.3 Å². The van der Waals surface area contributed by atoms with E-state index in [0.717, 1.165) is 0 Å². The van der Waals surface area contributed by atoms with Crippen molar-refractivity contribution in [3.8, 4) is 0 Å². The van der Waals surface area contributed by atoms with Crippen molar-refractivity contribution in [3.63, 3.8) is 0 Å². The molecule has 74 valence electrons. The largest absolute Gasteiger partial charge is 0.399 e. The van der Waals surface area contributed by atoms with Gasteiger partial charge in [0.1, 0.15) is 0 Å². The molecule has 0 aliphatic carbocycles. The molecule has 0 unspecified atom stereocenters. The summed E-state index contributed by atoms with van der Waals surface area (Å²) in [5, 5.41) is 2.12. The van der Waals surface area contributed by atoms with E-state index in [-0.39, 0.29) is 10.6 Å². The third-order valence-corrected chi connectivity index (χ3v) is 3.16. The average Bonchev–Trinajstić information content (AvgIpc) is 2.47. The zero-order chi connectivity index (χ0) is 10.3. The average molecular weight is 234 g/mol. The molecule has 2 aromatic rings. The Kier molecular flexibility index (Phi) is 2.33. The molecule has 0 saturated carbocycles. The lowest BCUT2D eigenvalue weighted by molar-refractivity contribution is 0.153. The fourth-order valence-corrected chi connectivity index (χ4v) is 2.74. The summed E-state index contributed by atoms with van der Waals surface area (Å²) in [6.45, 7) is 0. The number of alkyl halides is 2. The number of rotatable bonds is 1. The van der Waals surface area contributed by atoms with Crippen LogP contribution in [0.4, 0.5) is 14.5 Å². The van der Waals surface area contributed by atoms with E-state index in [0.29, 0.717) is 15.8 Å². The summed E-state index contributed by atoms with van der Waals surface area (Å²) >= 11 is 7.07. The first-order chi connectivity index (χ1) is 6.59. The number of anilines is 1. The van der Waals surface area contributed by atoms with Crippen molar-refractivity contribution in [3.05, 3.63) is 28.1 Å². The lowest BCUT2D eigenvalue weighted by Gasteiger charge is -2.00. The molecule has 14 heavy (non-hydrogen) atoms. The van der Waals surface area contributed by atoms with Crippen LogP contribution in [0.5, 0.6) is 0 Å². The van der Waals surface area contributed by atoms with E-state index >= 15 is 0 Å². The monoisotopic (exact) mass is 233 g/mol. The van der Waals surface area contributed by atoms with Gasteiger partial charge in [0.15, 0.2) is 0 Å². The van der Waals surface area contributed by atoms with Gasteiger partial charge in [0.2, 0.25) is 0 Å². The Labute approximate surface area is 88.1 Å². The Hall–Kier alpha value is -0.870. The van der Waals surface area contributed by atoms with E-state index in [9.17, 15) is 8.78 Å². The Bertz CT molecular complexity index is 481. The van der Waals surface area contributed by atoms with Gasteiger partial charge in [-0.1, -0.05) is 11.6 Å². The van der Waals surface area contributed by atoms with Crippen LogP contribution < -0.4 is 5.73 Å². The summed E-state index contributed by atoms with van der Waals surface area (Å²) in [6.07, 6.45) is -2.50. The van der Waals surface area contributed by atoms with Gasteiger partial charge >= 0.3 is 0 Å². The van der Waals surface area contributed by atoms with E-state index in [4.69, 9.17) is 17.3 Å². The molecule has 0 amide bonds. The third-order valence-electron chi connectivity index (χ3n) is 1.91. The maximum Gasteiger partial charge on any atom is 0.265 e. The molecule has 0 aliphatic rings. The second-order valence-electron chi connectivity index (χ2n) is 2.87. The van der Waals surface area contributed by atoms with E-state index in [1.165, 1.54) is 22.8 Å². The zero-order valence-electron chi connectivity index (χ0n) is 6.93. The minimum atomic E-state index is -2.50. The summed E-state index contributed by atoms with van der Waals surface area (Å²) in [6, 6.07) is 3.14. The van der Waals surface area contributed by atoms with Gasteiger partial charge in [-0.2, -0.15) is 0 Å². The van der Waals surface area contributed by atoms with Gasteiger partial charge in [0.25, 0.3) is 6.43 Å². The molecule has 0 spiro atoms. The predicted octanol–water partition coefficient (Wildman–Crippen LogP) is 4.07. The lowest BCUT2D eigenvalue weighted by Crippen LogP contribution is -1.85. The van der Waals surface area contributed by atoms with Crippen LogP contribution in [0.2, 0.25) is 5.02 Å².